The second-order valence-corrected chi connectivity index (χ2v) is 6.00. The van der Waals surface area contributed by atoms with E-state index in [1.54, 1.807) is 17.5 Å². The van der Waals surface area contributed by atoms with Crippen LogP contribution in [0.15, 0.2) is 35.0 Å². The van der Waals surface area contributed by atoms with Gasteiger partial charge in [0.15, 0.2) is 0 Å². The lowest BCUT2D eigenvalue weighted by atomic mass is 10.4. The van der Waals surface area contributed by atoms with E-state index in [1.807, 2.05) is 17.5 Å². The van der Waals surface area contributed by atoms with Crippen LogP contribution in [0.3, 0.4) is 0 Å². The molecule has 0 spiro atoms. The molecule has 22 heavy (non-hydrogen) atoms. The average molecular weight is 334 g/mol. The summed E-state index contributed by atoms with van der Waals surface area (Å²) in [5, 5.41) is 15.5. The zero-order chi connectivity index (χ0) is 15.4. The third-order valence-corrected chi connectivity index (χ3v) is 4.27. The van der Waals surface area contributed by atoms with Gasteiger partial charge in [0.25, 0.3) is 11.8 Å². The van der Waals surface area contributed by atoms with Crippen molar-refractivity contribution in [2.24, 2.45) is 0 Å². The quantitative estimate of drug-likeness (QED) is 0.691. The molecule has 0 saturated carbocycles. The molecule has 0 saturated heterocycles. The molecule has 0 fully saturated rings. The maximum Gasteiger partial charge on any atom is 0.279 e. The standard InChI is InChI=1S/C12H10N6O2S2/c19-10(13-15-12(20)9-4-2-6-22-9)7-18-16-11(14-17-18)8-3-1-5-21-8/h1-6H,7H2,(H,13,19)(H,15,20). The Balaban J connectivity index is 1.53. The first-order valence-electron chi connectivity index (χ1n) is 6.17. The lowest BCUT2D eigenvalue weighted by molar-refractivity contribution is -0.122. The zero-order valence-corrected chi connectivity index (χ0v) is 12.7. The van der Waals surface area contributed by atoms with Crippen molar-refractivity contribution in [3.63, 3.8) is 0 Å². The van der Waals surface area contributed by atoms with Gasteiger partial charge in [-0.1, -0.05) is 12.1 Å². The van der Waals surface area contributed by atoms with Gasteiger partial charge in [-0.15, -0.1) is 32.9 Å². The summed E-state index contributed by atoms with van der Waals surface area (Å²) in [6.07, 6.45) is 0. The van der Waals surface area contributed by atoms with Crippen LogP contribution in [-0.4, -0.2) is 32.0 Å². The number of amides is 2. The summed E-state index contributed by atoms with van der Waals surface area (Å²) in [6, 6.07) is 7.17. The smallest absolute Gasteiger partial charge is 0.271 e. The largest absolute Gasteiger partial charge is 0.279 e. The highest BCUT2D eigenvalue weighted by molar-refractivity contribution is 7.13. The minimum absolute atomic E-state index is 0.136. The molecule has 3 rings (SSSR count). The second-order valence-electron chi connectivity index (χ2n) is 4.10. The highest BCUT2D eigenvalue weighted by atomic mass is 32.1. The van der Waals surface area contributed by atoms with Crippen molar-refractivity contribution >= 4 is 34.5 Å². The van der Waals surface area contributed by atoms with Gasteiger partial charge >= 0.3 is 0 Å². The van der Waals surface area contributed by atoms with Crippen LogP contribution < -0.4 is 10.9 Å². The van der Waals surface area contributed by atoms with Gasteiger partial charge in [-0.05, 0) is 28.1 Å². The van der Waals surface area contributed by atoms with Gasteiger partial charge in [0.2, 0.25) is 5.82 Å². The predicted molar refractivity (Wildman–Crippen MR) is 81.1 cm³/mol. The van der Waals surface area contributed by atoms with Crippen LogP contribution in [0.1, 0.15) is 9.67 Å². The number of tetrazole rings is 1. The van der Waals surface area contributed by atoms with Crippen molar-refractivity contribution in [2.75, 3.05) is 0 Å². The normalized spacial score (nSPS) is 10.4. The second kappa shape index (κ2) is 6.45. The van der Waals surface area contributed by atoms with Gasteiger partial charge < -0.3 is 0 Å². The molecule has 0 unspecified atom stereocenters. The number of nitrogens with one attached hydrogen (secondary N) is 2. The molecule has 112 valence electrons. The molecule has 2 N–H and O–H groups in total. The average Bonchev–Trinajstić information content (AvgIpc) is 3.23. The Morgan fingerprint density at radius 1 is 1.14 bits per heavy atom. The molecule has 3 aromatic heterocycles. The molecule has 0 bridgehead atoms. The van der Waals surface area contributed by atoms with Crippen molar-refractivity contribution < 1.29 is 9.59 Å². The topological polar surface area (TPSA) is 102 Å². The Morgan fingerprint density at radius 3 is 2.68 bits per heavy atom. The Labute approximate surface area is 132 Å². The number of carbonyl (C=O) groups is 2. The molecular formula is C12H10N6O2S2. The maximum absolute atomic E-state index is 11.7. The lowest BCUT2D eigenvalue weighted by Gasteiger charge is -2.05. The molecule has 0 aromatic carbocycles. The molecule has 0 aliphatic heterocycles. The first-order chi connectivity index (χ1) is 10.7. The van der Waals surface area contributed by atoms with Gasteiger partial charge in [-0.3, -0.25) is 20.4 Å². The fraction of sp³-hybridized carbons (Fsp3) is 0.0833. The number of thiophene rings is 2. The third kappa shape index (κ3) is 3.35. The number of rotatable bonds is 4. The summed E-state index contributed by atoms with van der Waals surface area (Å²) in [5.41, 5.74) is 4.63. The minimum atomic E-state index is -0.444. The monoisotopic (exact) mass is 334 g/mol. The van der Waals surface area contributed by atoms with E-state index in [0.717, 1.165) is 4.88 Å². The molecule has 2 amide bonds. The van der Waals surface area contributed by atoms with Gasteiger partial charge in [-0.2, -0.15) is 4.80 Å². The first kappa shape index (κ1) is 14.4. The first-order valence-corrected chi connectivity index (χ1v) is 7.92. The van der Waals surface area contributed by atoms with Crippen molar-refractivity contribution in [3.05, 3.63) is 39.9 Å². The molecule has 8 nitrogen and oxygen atoms in total. The van der Waals surface area contributed by atoms with Crippen molar-refractivity contribution in [1.82, 2.24) is 31.1 Å². The summed E-state index contributed by atoms with van der Waals surface area (Å²) in [4.78, 5) is 25.9. The molecule has 0 radical (unpaired) electrons. The minimum Gasteiger partial charge on any atom is -0.271 e. The van der Waals surface area contributed by atoms with Crippen LogP contribution in [0.4, 0.5) is 0 Å². The Morgan fingerprint density at radius 2 is 1.95 bits per heavy atom. The van der Waals surface area contributed by atoms with Crippen LogP contribution in [0, 0.1) is 0 Å². The van der Waals surface area contributed by atoms with Crippen LogP contribution in [0.25, 0.3) is 10.7 Å². The summed E-state index contributed by atoms with van der Waals surface area (Å²) in [5.74, 6) is -0.348. The van der Waals surface area contributed by atoms with Crippen molar-refractivity contribution in [3.8, 4) is 10.7 Å². The maximum atomic E-state index is 11.7. The third-order valence-electron chi connectivity index (χ3n) is 2.54. The Kier molecular flexibility index (Phi) is 4.21. The molecule has 0 aliphatic carbocycles. The van der Waals surface area contributed by atoms with E-state index in [-0.39, 0.29) is 12.5 Å². The molecule has 0 aliphatic rings. The van der Waals surface area contributed by atoms with E-state index < -0.39 is 5.91 Å². The van der Waals surface area contributed by atoms with Gasteiger partial charge in [0.1, 0.15) is 6.54 Å². The van der Waals surface area contributed by atoms with Crippen LogP contribution in [-0.2, 0) is 11.3 Å². The zero-order valence-electron chi connectivity index (χ0n) is 11.1. The Bertz CT molecular complexity index is 766. The molecule has 3 heterocycles. The van der Waals surface area contributed by atoms with Gasteiger partial charge in [-0.25, -0.2) is 0 Å². The van der Waals surface area contributed by atoms with E-state index >= 15 is 0 Å². The van der Waals surface area contributed by atoms with Crippen molar-refractivity contribution in [1.29, 1.82) is 0 Å². The number of carbonyl (C=O) groups excluding carboxylic acids is 2. The predicted octanol–water partition coefficient (Wildman–Crippen LogP) is 0.924. The van der Waals surface area contributed by atoms with E-state index in [2.05, 4.69) is 26.3 Å². The highest BCUT2D eigenvalue weighted by Gasteiger charge is 2.11. The molecule has 0 atom stereocenters. The van der Waals surface area contributed by atoms with Gasteiger partial charge in [0, 0.05) is 0 Å². The van der Waals surface area contributed by atoms with Crippen LogP contribution in [0.2, 0.25) is 0 Å². The number of nitrogens with zero attached hydrogens (tertiary/aromatic N) is 4. The Hall–Kier alpha value is -2.59. The summed E-state index contributed by atoms with van der Waals surface area (Å²) in [6.45, 7) is -0.136. The number of hydrogen-bond acceptors (Lipinski definition) is 7. The molecule has 10 heteroatoms. The van der Waals surface area contributed by atoms with Gasteiger partial charge in [0.05, 0.1) is 9.75 Å². The fourth-order valence-electron chi connectivity index (χ4n) is 1.58. The summed E-state index contributed by atoms with van der Waals surface area (Å²) < 4.78 is 0. The van der Waals surface area contributed by atoms with E-state index in [9.17, 15) is 9.59 Å². The number of aromatic nitrogens is 4. The lowest BCUT2D eigenvalue weighted by Crippen LogP contribution is -2.43. The van der Waals surface area contributed by atoms with Crippen LogP contribution >= 0.6 is 22.7 Å². The van der Waals surface area contributed by atoms with E-state index in [1.165, 1.54) is 27.5 Å². The highest BCUT2D eigenvalue weighted by Crippen LogP contribution is 2.19. The van der Waals surface area contributed by atoms with Crippen LogP contribution in [0.5, 0.6) is 0 Å². The SMILES string of the molecule is O=C(Cn1nnc(-c2cccs2)n1)NNC(=O)c1cccs1. The van der Waals surface area contributed by atoms with E-state index in [0.29, 0.717) is 10.7 Å². The van der Waals surface area contributed by atoms with Crippen molar-refractivity contribution in [2.45, 2.75) is 6.54 Å². The summed E-state index contributed by atoms with van der Waals surface area (Å²) >= 11 is 2.77. The summed E-state index contributed by atoms with van der Waals surface area (Å²) in [7, 11) is 0. The van der Waals surface area contributed by atoms with E-state index in [4.69, 9.17) is 0 Å². The number of hydrogen-bond donors (Lipinski definition) is 2. The number of hydrazine groups is 1. The molecule has 3 aromatic rings. The fourth-order valence-corrected chi connectivity index (χ4v) is 2.85. The molecular weight excluding hydrogens is 324 g/mol.